The zero-order valence-corrected chi connectivity index (χ0v) is 14.3. The van der Waals surface area contributed by atoms with Gasteiger partial charge in [-0.25, -0.2) is 0 Å². The second-order valence-corrected chi connectivity index (χ2v) is 7.85. The standard InChI is InChI=1S/C15H22BrNOS/c1-11-4-6-15(7-5-11,17(2)3)14(18)9-13-8-12(16)10-19-13/h8,10-11H,4-7,9H2,1-3H3. The molecular formula is C15H22BrNOS. The topological polar surface area (TPSA) is 20.3 Å². The first-order chi connectivity index (χ1) is 8.94. The lowest BCUT2D eigenvalue weighted by Crippen LogP contribution is -2.53. The highest BCUT2D eigenvalue weighted by atomic mass is 79.9. The molecule has 0 aromatic carbocycles. The van der Waals surface area contributed by atoms with E-state index in [0.29, 0.717) is 12.2 Å². The van der Waals surface area contributed by atoms with Gasteiger partial charge in [0.05, 0.1) is 5.54 Å². The number of ketones is 1. The van der Waals surface area contributed by atoms with Crippen molar-refractivity contribution in [2.45, 2.75) is 44.6 Å². The van der Waals surface area contributed by atoms with Crippen molar-refractivity contribution >= 4 is 33.0 Å². The van der Waals surface area contributed by atoms with Gasteiger partial charge in [0.25, 0.3) is 0 Å². The molecule has 0 saturated heterocycles. The number of Topliss-reactive ketones (excluding diaryl/α,β-unsaturated/α-hetero) is 1. The Kier molecular flexibility index (Phi) is 4.85. The Hall–Kier alpha value is -0.190. The van der Waals surface area contributed by atoms with E-state index in [1.807, 2.05) is 5.38 Å². The lowest BCUT2D eigenvalue weighted by atomic mass is 9.73. The summed E-state index contributed by atoms with van der Waals surface area (Å²) in [5, 5.41) is 2.05. The van der Waals surface area contributed by atoms with E-state index in [2.05, 4.69) is 47.9 Å². The first-order valence-corrected chi connectivity index (χ1v) is 8.55. The summed E-state index contributed by atoms with van der Waals surface area (Å²) in [7, 11) is 4.11. The number of hydrogen-bond acceptors (Lipinski definition) is 3. The van der Waals surface area contributed by atoms with E-state index in [9.17, 15) is 4.79 Å². The van der Waals surface area contributed by atoms with Crippen LogP contribution in [0.25, 0.3) is 0 Å². The molecule has 0 atom stereocenters. The quantitative estimate of drug-likeness (QED) is 0.818. The van der Waals surface area contributed by atoms with Crippen LogP contribution in [0.15, 0.2) is 15.9 Å². The molecule has 1 aromatic heterocycles. The van der Waals surface area contributed by atoms with Crippen LogP contribution in [-0.4, -0.2) is 30.3 Å². The van der Waals surface area contributed by atoms with Gasteiger partial charge >= 0.3 is 0 Å². The Morgan fingerprint density at radius 2 is 2.11 bits per heavy atom. The third-order valence-electron chi connectivity index (χ3n) is 4.43. The maximum absolute atomic E-state index is 12.8. The van der Waals surface area contributed by atoms with E-state index in [0.717, 1.165) is 41.0 Å². The second kappa shape index (κ2) is 6.06. The summed E-state index contributed by atoms with van der Waals surface area (Å²) < 4.78 is 1.08. The zero-order valence-electron chi connectivity index (χ0n) is 11.9. The van der Waals surface area contributed by atoms with Gasteiger partial charge in [-0.2, -0.15) is 0 Å². The normalized spacial score (nSPS) is 27.7. The monoisotopic (exact) mass is 343 g/mol. The smallest absolute Gasteiger partial charge is 0.158 e. The Labute approximate surface area is 128 Å². The molecule has 1 saturated carbocycles. The molecule has 2 nitrogen and oxygen atoms in total. The lowest BCUT2D eigenvalue weighted by Gasteiger charge is -2.43. The van der Waals surface area contributed by atoms with Crippen LogP contribution in [0, 0.1) is 5.92 Å². The molecule has 0 amide bonds. The van der Waals surface area contributed by atoms with Gasteiger partial charge in [-0.05, 0) is 67.7 Å². The molecule has 4 heteroatoms. The number of halogens is 1. The number of carbonyl (C=O) groups excluding carboxylic acids is 1. The molecule has 1 heterocycles. The fourth-order valence-corrected chi connectivity index (χ4v) is 4.43. The molecule has 0 unspecified atom stereocenters. The molecule has 2 rings (SSSR count). The molecule has 1 aromatic rings. The molecule has 1 aliphatic carbocycles. The van der Waals surface area contributed by atoms with Crippen LogP contribution in [-0.2, 0) is 11.2 Å². The van der Waals surface area contributed by atoms with E-state index in [4.69, 9.17) is 0 Å². The van der Waals surface area contributed by atoms with Gasteiger partial charge in [-0.1, -0.05) is 6.92 Å². The van der Waals surface area contributed by atoms with E-state index in [1.54, 1.807) is 11.3 Å². The van der Waals surface area contributed by atoms with E-state index in [1.165, 1.54) is 0 Å². The Balaban J connectivity index is 2.13. The Morgan fingerprint density at radius 3 is 2.58 bits per heavy atom. The minimum Gasteiger partial charge on any atom is -0.297 e. The van der Waals surface area contributed by atoms with Crippen molar-refractivity contribution in [1.29, 1.82) is 0 Å². The van der Waals surface area contributed by atoms with Crippen molar-refractivity contribution in [2.24, 2.45) is 5.92 Å². The lowest BCUT2D eigenvalue weighted by molar-refractivity contribution is -0.131. The number of rotatable bonds is 4. The molecule has 0 bridgehead atoms. The first-order valence-electron chi connectivity index (χ1n) is 6.88. The number of hydrogen-bond donors (Lipinski definition) is 0. The van der Waals surface area contributed by atoms with Crippen LogP contribution in [0.1, 0.15) is 37.5 Å². The van der Waals surface area contributed by atoms with Crippen LogP contribution in [0.2, 0.25) is 0 Å². The van der Waals surface area contributed by atoms with Crippen molar-refractivity contribution in [1.82, 2.24) is 4.90 Å². The SMILES string of the molecule is CC1CCC(C(=O)Cc2cc(Br)cs2)(N(C)C)CC1. The van der Waals surface area contributed by atoms with Gasteiger partial charge in [0.2, 0.25) is 0 Å². The molecule has 0 spiro atoms. The van der Waals surface area contributed by atoms with Crippen LogP contribution in [0.3, 0.4) is 0 Å². The van der Waals surface area contributed by atoms with E-state index >= 15 is 0 Å². The average molecular weight is 344 g/mol. The number of thiophene rings is 1. The summed E-state index contributed by atoms with van der Waals surface area (Å²) in [6.45, 7) is 2.29. The van der Waals surface area contributed by atoms with Crippen molar-refractivity contribution in [3.63, 3.8) is 0 Å². The van der Waals surface area contributed by atoms with Crippen molar-refractivity contribution in [2.75, 3.05) is 14.1 Å². The van der Waals surface area contributed by atoms with E-state index < -0.39 is 0 Å². The fourth-order valence-electron chi connectivity index (χ4n) is 2.98. The van der Waals surface area contributed by atoms with E-state index in [-0.39, 0.29) is 5.54 Å². The third kappa shape index (κ3) is 3.29. The molecule has 1 aliphatic rings. The van der Waals surface area contributed by atoms with Crippen LogP contribution < -0.4 is 0 Å². The number of carbonyl (C=O) groups is 1. The summed E-state index contributed by atoms with van der Waals surface area (Å²) >= 11 is 5.12. The molecule has 0 radical (unpaired) electrons. The maximum Gasteiger partial charge on any atom is 0.158 e. The molecule has 0 aliphatic heterocycles. The van der Waals surface area contributed by atoms with Crippen molar-refractivity contribution in [3.05, 3.63) is 20.8 Å². The van der Waals surface area contributed by atoms with Crippen LogP contribution in [0.4, 0.5) is 0 Å². The second-order valence-electron chi connectivity index (χ2n) is 5.94. The van der Waals surface area contributed by atoms with Gasteiger partial charge in [0.1, 0.15) is 0 Å². The minimum absolute atomic E-state index is 0.233. The van der Waals surface area contributed by atoms with Gasteiger partial charge < -0.3 is 0 Å². The summed E-state index contributed by atoms with van der Waals surface area (Å²) in [6.07, 6.45) is 4.91. The highest BCUT2D eigenvalue weighted by Gasteiger charge is 2.42. The maximum atomic E-state index is 12.8. The molecule has 19 heavy (non-hydrogen) atoms. The average Bonchev–Trinajstić information content (AvgIpc) is 2.75. The van der Waals surface area contributed by atoms with Gasteiger partial charge in [0.15, 0.2) is 5.78 Å². The number of likely N-dealkylation sites (N-methyl/N-ethyl adjacent to an activating group) is 1. The van der Waals surface area contributed by atoms with Crippen molar-refractivity contribution in [3.8, 4) is 0 Å². The Morgan fingerprint density at radius 1 is 1.47 bits per heavy atom. The first kappa shape index (κ1) is 15.2. The van der Waals surface area contributed by atoms with Crippen LogP contribution >= 0.6 is 27.3 Å². The zero-order chi connectivity index (χ0) is 14.0. The minimum atomic E-state index is -0.233. The van der Waals surface area contributed by atoms with Crippen LogP contribution in [0.5, 0.6) is 0 Å². The predicted octanol–water partition coefficient (Wildman–Crippen LogP) is 4.13. The van der Waals surface area contributed by atoms with Gasteiger partial charge in [0, 0.05) is 21.2 Å². The highest BCUT2D eigenvalue weighted by Crippen LogP contribution is 2.37. The molecule has 1 fully saturated rings. The number of nitrogens with zero attached hydrogens (tertiary/aromatic N) is 1. The highest BCUT2D eigenvalue weighted by molar-refractivity contribution is 9.10. The third-order valence-corrected chi connectivity index (χ3v) is 6.13. The fraction of sp³-hybridized carbons (Fsp3) is 0.667. The summed E-state index contributed by atoms with van der Waals surface area (Å²) in [5.74, 6) is 1.15. The summed E-state index contributed by atoms with van der Waals surface area (Å²) in [6, 6.07) is 2.07. The largest absolute Gasteiger partial charge is 0.297 e. The molecule has 106 valence electrons. The van der Waals surface area contributed by atoms with Gasteiger partial charge in [-0.3, -0.25) is 9.69 Å². The van der Waals surface area contributed by atoms with Gasteiger partial charge in [-0.15, -0.1) is 11.3 Å². The predicted molar refractivity (Wildman–Crippen MR) is 84.8 cm³/mol. The summed E-state index contributed by atoms with van der Waals surface area (Å²) in [4.78, 5) is 16.1. The Bertz CT molecular complexity index is 447. The molecular weight excluding hydrogens is 322 g/mol. The van der Waals surface area contributed by atoms with Crippen molar-refractivity contribution < 1.29 is 4.79 Å². The summed E-state index contributed by atoms with van der Waals surface area (Å²) in [5.41, 5.74) is -0.233. The molecule has 0 N–H and O–H groups in total.